The Morgan fingerprint density at radius 2 is 1.89 bits per heavy atom. The van der Waals surface area contributed by atoms with E-state index in [1.807, 2.05) is 47.9 Å². The molecule has 4 aromatic rings. The number of anilines is 1. The number of benzene rings is 2. The van der Waals surface area contributed by atoms with E-state index in [1.54, 1.807) is 12.3 Å². The monoisotopic (exact) mass is 523 g/mol. The lowest BCUT2D eigenvalue weighted by Gasteiger charge is -2.36. The van der Waals surface area contributed by atoms with E-state index in [-0.39, 0.29) is 5.91 Å². The summed E-state index contributed by atoms with van der Waals surface area (Å²) in [6.07, 6.45) is 5.75. The molecule has 7 heteroatoms. The Morgan fingerprint density at radius 3 is 2.74 bits per heavy atom. The Balaban J connectivity index is 1.18. The maximum atomic E-state index is 13.2. The number of amides is 1. The minimum Gasteiger partial charge on any atom is -0.322 e. The smallest absolute Gasteiger partial charge is 0.255 e. The van der Waals surface area contributed by atoms with Gasteiger partial charge in [0, 0.05) is 66.3 Å². The number of imidazole rings is 1. The molecule has 1 aliphatic carbocycles. The molecule has 0 radical (unpaired) electrons. The Labute approximate surface area is 228 Å². The molecule has 0 spiro atoms. The van der Waals surface area contributed by atoms with Crippen LogP contribution in [0.25, 0.3) is 5.65 Å². The standard InChI is InChI=1S/C31H30ClN5O/c1-21-3-7-26(18-22(21)4-8-27-20-33-30-19-25(32)11-12-37(27)30)34-31(38)24-5-9-28-23(17-24)6-10-29(28)36-15-13-35(2)14-16-36/h3,5,7,9,11-12,17-20,29H,6,10,13-16H2,1-2H3,(H,34,38). The van der Waals surface area contributed by atoms with Gasteiger partial charge in [0.1, 0.15) is 11.3 Å². The predicted molar refractivity (Wildman–Crippen MR) is 152 cm³/mol. The highest BCUT2D eigenvalue weighted by Crippen LogP contribution is 2.36. The summed E-state index contributed by atoms with van der Waals surface area (Å²) in [4.78, 5) is 22.5. The van der Waals surface area contributed by atoms with Gasteiger partial charge in [0.05, 0.1) is 6.20 Å². The molecule has 38 heavy (non-hydrogen) atoms. The van der Waals surface area contributed by atoms with Crippen LogP contribution >= 0.6 is 11.6 Å². The quantitative estimate of drug-likeness (QED) is 0.376. The third-order valence-corrected chi connectivity index (χ3v) is 7.96. The van der Waals surface area contributed by atoms with Gasteiger partial charge in [0.2, 0.25) is 0 Å². The number of halogens is 1. The van der Waals surface area contributed by atoms with Crippen molar-refractivity contribution >= 4 is 28.8 Å². The number of aryl methyl sites for hydroxylation is 2. The summed E-state index contributed by atoms with van der Waals surface area (Å²) in [5, 5.41) is 3.71. The largest absolute Gasteiger partial charge is 0.322 e. The zero-order chi connectivity index (χ0) is 26.2. The van der Waals surface area contributed by atoms with Crippen LogP contribution < -0.4 is 5.32 Å². The number of hydrogen-bond donors (Lipinski definition) is 1. The van der Waals surface area contributed by atoms with E-state index in [4.69, 9.17) is 11.6 Å². The molecule has 1 aliphatic heterocycles. The average Bonchev–Trinajstić information content (AvgIpc) is 3.52. The molecule has 192 valence electrons. The van der Waals surface area contributed by atoms with Gasteiger partial charge in [-0.3, -0.25) is 14.1 Å². The van der Waals surface area contributed by atoms with Gasteiger partial charge in [-0.15, -0.1) is 0 Å². The summed E-state index contributed by atoms with van der Waals surface area (Å²) in [5.74, 6) is 6.35. The first-order chi connectivity index (χ1) is 18.4. The number of nitrogens with one attached hydrogen (secondary N) is 1. The molecule has 1 atom stereocenters. The van der Waals surface area contributed by atoms with Crippen LogP contribution in [-0.2, 0) is 6.42 Å². The number of pyridine rings is 1. The molecular formula is C31H30ClN5O. The van der Waals surface area contributed by atoms with Gasteiger partial charge in [-0.1, -0.05) is 29.7 Å². The first kappa shape index (κ1) is 24.7. The Hall–Kier alpha value is -3.63. The molecule has 1 amide bonds. The highest BCUT2D eigenvalue weighted by atomic mass is 35.5. The van der Waals surface area contributed by atoms with Crippen LogP contribution in [0.4, 0.5) is 5.69 Å². The summed E-state index contributed by atoms with van der Waals surface area (Å²) in [6, 6.07) is 16.1. The topological polar surface area (TPSA) is 52.9 Å². The number of rotatable bonds is 3. The van der Waals surface area contributed by atoms with Crippen molar-refractivity contribution in [2.75, 3.05) is 38.5 Å². The second kappa shape index (κ2) is 10.3. The van der Waals surface area contributed by atoms with E-state index >= 15 is 0 Å². The number of carbonyl (C=O) groups is 1. The maximum Gasteiger partial charge on any atom is 0.255 e. The lowest BCUT2D eigenvalue weighted by molar-refractivity contribution is 0.102. The fraction of sp³-hybridized carbons (Fsp3) is 0.290. The molecule has 6 nitrogen and oxygen atoms in total. The average molecular weight is 524 g/mol. The van der Waals surface area contributed by atoms with Crippen LogP contribution in [0.3, 0.4) is 0 Å². The van der Waals surface area contributed by atoms with Crippen LogP contribution in [0.15, 0.2) is 60.9 Å². The molecule has 2 aromatic carbocycles. The Morgan fingerprint density at radius 1 is 1.05 bits per heavy atom. The highest BCUT2D eigenvalue weighted by molar-refractivity contribution is 6.30. The van der Waals surface area contributed by atoms with Gasteiger partial charge in [0.15, 0.2) is 0 Å². The molecule has 2 aromatic heterocycles. The van der Waals surface area contributed by atoms with Crippen LogP contribution in [0, 0.1) is 18.8 Å². The number of fused-ring (bicyclic) bond motifs is 2. The first-order valence-corrected chi connectivity index (χ1v) is 13.4. The van der Waals surface area contributed by atoms with Crippen molar-refractivity contribution in [3.63, 3.8) is 0 Å². The van der Waals surface area contributed by atoms with Crippen LogP contribution in [0.1, 0.15) is 50.8 Å². The maximum absolute atomic E-state index is 13.2. The van der Waals surface area contributed by atoms with Crippen molar-refractivity contribution in [1.82, 2.24) is 19.2 Å². The normalized spacial score (nSPS) is 17.7. The summed E-state index contributed by atoms with van der Waals surface area (Å²) >= 11 is 6.07. The number of carbonyl (C=O) groups excluding carboxylic acids is 1. The number of piperazine rings is 1. The van der Waals surface area contributed by atoms with Crippen LogP contribution in [0.2, 0.25) is 5.02 Å². The van der Waals surface area contributed by atoms with Gasteiger partial charge >= 0.3 is 0 Å². The van der Waals surface area contributed by atoms with E-state index in [0.717, 1.165) is 67.2 Å². The minimum absolute atomic E-state index is 0.0997. The van der Waals surface area contributed by atoms with E-state index in [1.165, 1.54) is 11.1 Å². The summed E-state index contributed by atoms with van der Waals surface area (Å²) in [5.41, 5.74) is 7.53. The van der Waals surface area contributed by atoms with Gasteiger partial charge in [-0.25, -0.2) is 4.98 Å². The zero-order valence-corrected chi connectivity index (χ0v) is 22.4. The van der Waals surface area contributed by atoms with Crippen molar-refractivity contribution in [2.45, 2.75) is 25.8 Å². The molecular weight excluding hydrogens is 494 g/mol. The van der Waals surface area contributed by atoms with E-state index in [9.17, 15) is 4.79 Å². The molecule has 6 rings (SSSR count). The van der Waals surface area contributed by atoms with Crippen molar-refractivity contribution in [3.05, 3.63) is 99.5 Å². The molecule has 1 fully saturated rings. The second-order valence-corrected chi connectivity index (χ2v) is 10.7. The van der Waals surface area contributed by atoms with Crippen molar-refractivity contribution in [3.8, 4) is 11.8 Å². The Bertz CT molecular complexity index is 1590. The third kappa shape index (κ3) is 4.93. The molecule has 1 unspecified atom stereocenters. The number of nitrogens with zero attached hydrogens (tertiary/aromatic N) is 4. The predicted octanol–water partition coefficient (Wildman–Crippen LogP) is 5.18. The van der Waals surface area contributed by atoms with E-state index in [2.05, 4.69) is 51.1 Å². The lowest BCUT2D eigenvalue weighted by atomic mass is 10.0. The number of aromatic nitrogens is 2. The second-order valence-electron chi connectivity index (χ2n) is 10.3. The fourth-order valence-electron chi connectivity index (χ4n) is 5.47. The molecule has 0 saturated carbocycles. The number of hydrogen-bond acceptors (Lipinski definition) is 4. The van der Waals surface area contributed by atoms with Gasteiger partial charge in [0.25, 0.3) is 5.91 Å². The zero-order valence-electron chi connectivity index (χ0n) is 21.7. The van der Waals surface area contributed by atoms with Crippen molar-refractivity contribution in [2.24, 2.45) is 0 Å². The van der Waals surface area contributed by atoms with Gasteiger partial charge in [-0.2, -0.15) is 0 Å². The Kier molecular flexibility index (Phi) is 6.67. The van der Waals surface area contributed by atoms with E-state index < -0.39 is 0 Å². The molecule has 1 N–H and O–H groups in total. The first-order valence-electron chi connectivity index (χ1n) is 13.1. The fourth-order valence-corrected chi connectivity index (χ4v) is 5.62. The molecule has 2 aliphatic rings. The lowest BCUT2D eigenvalue weighted by Crippen LogP contribution is -2.45. The molecule has 3 heterocycles. The van der Waals surface area contributed by atoms with Crippen molar-refractivity contribution < 1.29 is 4.79 Å². The third-order valence-electron chi connectivity index (χ3n) is 7.73. The minimum atomic E-state index is -0.0997. The summed E-state index contributed by atoms with van der Waals surface area (Å²) in [7, 11) is 2.19. The number of likely N-dealkylation sites (N-methyl/N-ethyl adjacent to an activating group) is 1. The molecule has 0 bridgehead atoms. The van der Waals surface area contributed by atoms with Gasteiger partial charge < -0.3 is 10.2 Å². The SMILES string of the molecule is Cc1ccc(NC(=O)c2ccc3c(c2)CCC3N2CCN(C)CC2)cc1C#Cc1cnc2cc(Cl)ccn12. The van der Waals surface area contributed by atoms with Crippen molar-refractivity contribution in [1.29, 1.82) is 0 Å². The summed E-state index contributed by atoms with van der Waals surface area (Å²) < 4.78 is 1.90. The van der Waals surface area contributed by atoms with Crippen LogP contribution in [-0.4, -0.2) is 58.3 Å². The highest BCUT2D eigenvalue weighted by Gasteiger charge is 2.30. The summed E-state index contributed by atoms with van der Waals surface area (Å²) in [6.45, 7) is 6.45. The molecule has 1 saturated heterocycles. The van der Waals surface area contributed by atoms with Gasteiger partial charge in [-0.05, 0) is 79.8 Å². The van der Waals surface area contributed by atoms with E-state index in [0.29, 0.717) is 16.6 Å². The van der Waals surface area contributed by atoms with Crippen LogP contribution in [0.5, 0.6) is 0 Å².